The summed E-state index contributed by atoms with van der Waals surface area (Å²) in [6.07, 6.45) is 1.81. The van der Waals surface area contributed by atoms with E-state index in [1.807, 2.05) is 0 Å². The molecule has 3 atom stereocenters. The van der Waals surface area contributed by atoms with Gasteiger partial charge in [-0.25, -0.2) is 14.0 Å². The average Bonchev–Trinajstić information content (AvgIpc) is 2.91. The van der Waals surface area contributed by atoms with Crippen molar-refractivity contribution in [3.05, 3.63) is 23.5 Å². The van der Waals surface area contributed by atoms with E-state index in [1.165, 1.54) is 20.4 Å². The number of methoxy groups -OCH3 is 1. The quantitative estimate of drug-likeness (QED) is 0.624. The van der Waals surface area contributed by atoms with Gasteiger partial charge in [0.15, 0.2) is 0 Å². The molecule has 1 aliphatic heterocycles. The molecule has 0 aromatic carbocycles. The maximum atomic E-state index is 13.1. The second kappa shape index (κ2) is 5.94. The number of halogens is 1. The van der Waals surface area contributed by atoms with E-state index in [9.17, 15) is 14.0 Å². The minimum Gasteiger partial charge on any atom is -0.466 e. The highest BCUT2D eigenvalue weighted by molar-refractivity contribution is 5.89. The highest BCUT2D eigenvalue weighted by Crippen LogP contribution is 2.43. The van der Waals surface area contributed by atoms with Crippen molar-refractivity contribution in [1.82, 2.24) is 5.32 Å². The molecule has 0 aromatic rings. The standard InChI is InChI=1S/C13H16FNO5/c1-15-13(17)20-12-10-7(5-14)3-4-8(10)9(6-19-12)11(16)18-2/h3,6,8,10,12H,4-5H2,1-2H3,(H,15,17)/t8-,10+,12+/m1/s1. The topological polar surface area (TPSA) is 73.9 Å². The number of fused-ring (bicyclic) bond motifs is 1. The van der Waals surface area contributed by atoms with Crippen LogP contribution in [0, 0.1) is 11.8 Å². The fourth-order valence-corrected chi connectivity index (χ4v) is 2.54. The van der Waals surface area contributed by atoms with E-state index >= 15 is 0 Å². The molecule has 7 heteroatoms. The van der Waals surface area contributed by atoms with E-state index in [4.69, 9.17) is 9.47 Å². The maximum absolute atomic E-state index is 13.1. The highest BCUT2D eigenvalue weighted by atomic mass is 19.1. The van der Waals surface area contributed by atoms with Crippen molar-refractivity contribution in [3.8, 4) is 0 Å². The van der Waals surface area contributed by atoms with Gasteiger partial charge in [-0.05, 0) is 12.0 Å². The van der Waals surface area contributed by atoms with Gasteiger partial charge < -0.3 is 19.5 Å². The third-order valence-electron chi connectivity index (χ3n) is 3.52. The van der Waals surface area contributed by atoms with Gasteiger partial charge in [0.05, 0.1) is 24.9 Å². The molecule has 6 nitrogen and oxygen atoms in total. The monoisotopic (exact) mass is 285 g/mol. The Morgan fingerprint density at radius 1 is 1.55 bits per heavy atom. The first-order valence-electron chi connectivity index (χ1n) is 6.19. The van der Waals surface area contributed by atoms with Crippen LogP contribution in [0.25, 0.3) is 0 Å². The molecule has 0 unspecified atom stereocenters. The number of alkyl halides is 1. The molecule has 2 aliphatic rings. The Balaban J connectivity index is 2.24. The molecule has 1 heterocycles. The number of esters is 1. The first kappa shape index (κ1) is 14.4. The summed E-state index contributed by atoms with van der Waals surface area (Å²) < 4.78 is 28.1. The van der Waals surface area contributed by atoms with Crippen LogP contribution in [0.4, 0.5) is 9.18 Å². The summed E-state index contributed by atoms with van der Waals surface area (Å²) in [4.78, 5) is 23.0. The lowest BCUT2D eigenvalue weighted by molar-refractivity contribution is -0.141. The minimum absolute atomic E-state index is 0.295. The van der Waals surface area contributed by atoms with Crippen molar-refractivity contribution >= 4 is 12.1 Å². The van der Waals surface area contributed by atoms with Crippen LogP contribution in [-0.4, -0.2) is 39.2 Å². The minimum atomic E-state index is -0.946. The van der Waals surface area contributed by atoms with Crippen LogP contribution >= 0.6 is 0 Å². The van der Waals surface area contributed by atoms with E-state index in [0.29, 0.717) is 17.6 Å². The van der Waals surface area contributed by atoms with Crippen LogP contribution in [0.1, 0.15) is 6.42 Å². The lowest BCUT2D eigenvalue weighted by Crippen LogP contribution is -2.40. The Labute approximate surface area is 115 Å². The maximum Gasteiger partial charge on any atom is 0.409 e. The van der Waals surface area contributed by atoms with Gasteiger partial charge in [-0.3, -0.25) is 0 Å². The van der Waals surface area contributed by atoms with Crippen molar-refractivity contribution in [2.75, 3.05) is 20.8 Å². The number of hydrogen-bond donors (Lipinski definition) is 1. The second-order valence-corrected chi connectivity index (χ2v) is 4.51. The summed E-state index contributed by atoms with van der Waals surface area (Å²) in [7, 11) is 2.68. The van der Waals surface area contributed by atoms with E-state index in [0.717, 1.165) is 0 Å². The Morgan fingerprint density at radius 2 is 2.30 bits per heavy atom. The fourth-order valence-electron chi connectivity index (χ4n) is 2.54. The molecule has 0 radical (unpaired) electrons. The Kier molecular flexibility index (Phi) is 4.26. The molecule has 0 spiro atoms. The first-order valence-corrected chi connectivity index (χ1v) is 6.19. The summed E-state index contributed by atoms with van der Waals surface area (Å²) in [6, 6.07) is 0. The number of allylic oxidation sites excluding steroid dienone is 1. The Morgan fingerprint density at radius 3 is 2.90 bits per heavy atom. The number of amides is 1. The van der Waals surface area contributed by atoms with Gasteiger partial charge >= 0.3 is 12.1 Å². The van der Waals surface area contributed by atoms with Gasteiger partial charge in [-0.15, -0.1) is 0 Å². The molecule has 0 saturated carbocycles. The summed E-state index contributed by atoms with van der Waals surface area (Å²) in [6.45, 7) is -0.674. The molecule has 0 bridgehead atoms. The third-order valence-corrected chi connectivity index (χ3v) is 3.52. The van der Waals surface area contributed by atoms with Crippen molar-refractivity contribution in [3.63, 3.8) is 0 Å². The van der Waals surface area contributed by atoms with Crippen LogP contribution in [0.2, 0.25) is 0 Å². The van der Waals surface area contributed by atoms with Crippen molar-refractivity contribution in [1.29, 1.82) is 0 Å². The number of carbonyl (C=O) groups is 2. The third kappa shape index (κ3) is 2.48. The fraction of sp³-hybridized carbons (Fsp3) is 0.538. The van der Waals surface area contributed by atoms with Crippen LogP contribution in [-0.2, 0) is 19.0 Å². The highest BCUT2D eigenvalue weighted by Gasteiger charge is 2.45. The number of alkyl carbamates (subject to hydrolysis) is 1. The molecule has 110 valence electrons. The van der Waals surface area contributed by atoms with E-state index in [-0.39, 0.29) is 5.92 Å². The van der Waals surface area contributed by atoms with E-state index < -0.39 is 30.9 Å². The summed E-state index contributed by atoms with van der Waals surface area (Å²) in [5.41, 5.74) is 0.798. The summed E-state index contributed by atoms with van der Waals surface area (Å²) in [5, 5.41) is 2.30. The molecule has 2 rings (SSSR count). The van der Waals surface area contributed by atoms with Crippen molar-refractivity contribution < 1.29 is 28.2 Å². The van der Waals surface area contributed by atoms with Gasteiger partial charge in [-0.1, -0.05) is 6.08 Å². The Hall–Kier alpha value is -2.05. The summed E-state index contributed by atoms with van der Waals surface area (Å²) >= 11 is 0. The number of rotatable bonds is 3. The zero-order valence-corrected chi connectivity index (χ0v) is 11.2. The molecule has 0 aromatic heterocycles. The smallest absolute Gasteiger partial charge is 0.409 e. The zero-order chi connectivity index (χ0) is 14.7. The molecule has 1 amide bonds. The molecule has 1 aliphatic carbocycles. The number of hydrogen-bond acceptors (Lipinski definition) is 5. The molecule has 20 heavy (non-hydrogen) atoms. The average molecular weight is 285 g/mol. The van der Waals surface area contributed by atoms with Gasteiger partial charge in [0.1, 0.15) is 6.67 Å². The second-order valence-electron chi connectivity index (χ2n) is 4.51. The van der Waals surface area contributed by atoms with Crippen molar-refractivity contribution in [2.45, 2.75) is 12.7 Å². The summed E-state index contributed by atoms with van der Waals surface area (Å²) in [5.74, 6) is -1.32. The predicted octanol–water partition coefficient (Wildman–Crippen LogP) is 1.29. The largest absolute Gasteiger partial charge is 0.466 e. The van der Waals surface area contributed by atoms with Gasteiger partial charge in [-0.2, -0.15) is 0 Å². The Bertz CT molecular complexity index is 473. The SMILES string of the molecule is CNC(=O)O[C@@H]1OC=C(C(=O)OC)[C@H]2CC=C(CF)[C@H]12. The van der Waals surface area contributed by atoms with Crippen LogP contribution in [0.5, 0.6) is 0 Å². The number of nitrogens with one attached hydrogen (secondary N) is 1. The lowest BCUT2D eigenvalue weighted by Gasteiger charge is -2.33. The molecule has 0 saturated heterocycles. The van der Waals surface area contributed by atoms with Crippen LogP contribution in [0.15, 0.2) is 23.5 Å². The predicted molar refractivity (Wildman–Crippen MR) is 66.2 cm³/mol. The van der Waals surface area contributed by atoms with Crippen LogP contribution < -0.4 is 5.32 Å². The molecular weight excluding hydrogens is 269 g/mol. The number of carbonyl (C=O) groups excluding carboxylic acids is 2. The van der Waals surface area contributed by atoms with Crippen LogP contribution in [0.3, 0.4) is 0 Å². The zero-order valence-electron chi connectivity index (χ0n) is 11.2. The van der Waals surface area contributed by atoms with E-state index in [1.54, 1.807) is 6.08 Å². The molecule has 1 N–H and O–H groups in total. The van der Waals surface area contributed by atoms with Crippen molar-refractivity contribution in [2.24, 2.45) is 11.8 Å². The van der Waals surface area contributed by atoms with Gasteiger partial charge in [0.25, 0.3) is 6.29 Å². The van der Waals surface area contributed by atoms with E-state index in [2.05, 4.69) is 10.1 Å². The molecule has 0 fully saturated rings. The molecular formula is C13H16FNO5. The number of ether oxygens (including phenoxy) is 3. The first-order chi connectivity index (χ1) is 9.62. The normalized spacial score (nSPS) is 27.6. The van der Waals surface area contributed by atoms with Gasteiger partial charge in [0, 0.05) is 13.0 Å². The lowest BCUT2D eigenvalue weighted by atomic mass is 9.83. The van der Waals surface area contributed by atoms with Gasteiger partial charge in [0.2, 0.25) is 0 Å².